The number of hydrogen-bond donors (Lipinski definition) is 1. The van der Waals surface area contributed by atoms with Crippen molar-refractivity contribution >= 4 is 22.6 Å². The fourth-order valence-corrected chi connectivity index (χ4v) is 3.53. The first-order valence-corrected chi connectivity index (χ1v) is 9.08. The van der Waals surface area contributed by atoms with Crippen LogP contribution in [0.2, 0.25) is 0 Å². The first-order chi connectivity index (χ1) is 14.3. The first-order valence-electron chi connectivity index (χ1n) is 9.08. The Bertz CT molecular complexity index is 1170. The SMILES string of the molecule is COCC1CN(c2ccc3cc(-c4ccccc4C(F)(F)F)[nH]c(=O)c3c2)C(=O)O1. The lowest BCUT2D eigenvalue weighted by molar-refractivity contribution is -0.137. The Morgan fingerprint density at radius 2 is 1.93 bits per heavy atom. The van der Waals surface area contributed by atoms with Gasteiger partial charge in [0.15, 0.2) is 0 Å². The summed E-state index contributed by atoms with van der Waals surface area (Å²) in [4.78, 5) is 28.7. The standard InChI is InChI=1S/C21H17F3N2O4/c1-29-11-14-10-26(20(28)30-14)13-7-6-12-8-18(25-19(27)16(12)9-13)15-4-2-3-5-17(15)21(22,23)24/h2-9,14H,10-11H2,1H3,(H,25,27). The molecule has 3 aromatic rings. The summed E-state index contributed by atoms with van der Waals surface area (Å²) in [6.45, 7) is 0.519. The number of amides is 1. The molecule has 1 aromatic heterocycles. The number of halogens is 3. The number of anilines is 1. The highest BCUT2D eigenvalue weighted by Gasteiger charge is 2.34. The number of cyclic esters (lactones) is 1. The maximum absolute atomic E-state index is 13.3. The van der Waals surface area contributed by atoms with Crippen molar-refractivity contribution in [2.24, 2.45) is 0 Å². The summed E-state index contributed by atoms with van der Waals surface area (Å²) < 4.78 is 50.2. The molecule has 1 N–H and O–H groups in total. The van der Waals surface area contributed by atoms with Crippen LogP contribution in [0.5, 0.6) is 0 Å². The van der Waals surface area contributed by atoms with E-state index < -0.39 is 29.5 Å². The van der Waals surface area contributed by atoms with Gasteiger partial charge in [-0.3, -0.25) is 9.69 Å². The molecule has 6 nitrogen and oxygen atoms in total. The maximum atomic E-state index is 13.3. The number of rotatable bonds is 4. The van der Waals surface area contributed by atoms with Crippen LogP contribution in [0.15, 0.2) is 53.3 Å². The van der Waals surface area contributed by atoms with Crippen molar-refractivity contribution in [3.05, 3.63) is 64.4 Å². The van der Waals surface area contributed by atoms with Crippen molar-refractivity contribution in [1.82, 2.24) is 4.98 Å². The van der Waals surface area contributed by atoms with Crippen LogP contribution in [0.3, 0.4) is 0 Å². The third kappa shape index (κ3) is 3.63. The molecule has 0 spiro atoms. The van der Waals surface area contributed by atoms with E-state index in [4.69, 9.17) is 9.47 Å². The molecular formula is C21H17F3N2O4. The molecule has 0 aliphatic carbocycles. The molecule has 156 valence electrons. The number of nitrogens with zero attached hydrogens (tertiary/aromatic N) is 1. The van der Waals surface area contributed by atoms with Crippen LogP contribution in [-0.4, -0.2) is 37.4 Å². The third-order valence-corrected chi connectivity index (χ3v) is 4.89. The molecule has 4 rings (SSSR count). The van der Waals surface area contributed by atoms with E-state index in [0.717, 1.165) is 6.07 Å². The largest absolute Gasteiger partial charge is 0.441 e. The highest BCUT2D eigenvalue weighted by molar-refractivity contribution is 5.94. The molecule has 1 aliphatic heterocycles. The Morgan fingerprint density at radius 3 is 2.67 bits per heavy atom. The predicted molar refractivity (Wildman–Crippen MR) is 104 cm³/mol. The second-order valence-electron chi connectivity index (χ2n) is 6.90. The molecule has 9 heteroatoms. The Morgan fingerprint density at radius 1 is 1.17 bits per heavy atom. The molecule has 1 atom stereocenters. The Labute approximate surface area is 168 Å². The normalized spacial score (nSPS) is 16.9. The molecule has 1 amide bonds. The second kappa shape index (κ2) is 7.49. The fourth-order valence-electron chi connectivity index (χ4n) is 3.53. The molecule has 30 heavy (non-hydrogen) atoms. The number of aromatic nitrogens is 1. The second-order valence-corrected chi connectivity index (χ2v) is 6.90. The lowest BCUT2D eigenvalue weighted by Crippen LogP contribution is -2.25. The monoisotopic (exact) mass is 418 g/mol. The van der Waals surface area contributed by atoms with Crippen molar-refractivity contribution in [3.63, 3.8) is 0 Å². The minimum absolute atomic E-state index is 0.0638. The number of aromatic amines is 1. The number of ether oxygens (including phenoxy) is 2. The molecule has 2 heterocycles. The van der Waals surface area contributed by atoms with Crippen molar-refractivity contribution in [3.8, 4) is 11.3 Å². The van der Waals surface area contributed by atoms with Gasteiger partial charge in [-0.05, 0) is 29.7 Å². The average molecular weight is 418 g/mol. The van der Waals surface area contributed by atoms with Crippen LogP contribution >= 0.6 is 0 Å². The predicted octanol–water partition coefficient (Wildman–Crippen LogP) is 4.19. The van der Waals surface area contributed by atoms with Crippen molar-refractivity contribution in [2.45, 2.75) is 12.3 Å². The zero-order chi connectivity index (χ0) is 21.5. The third-order valence-electron chi connectivity index (χ3n) is 4.89. The van der Waals surface area contributed by atoms with E-state index in [1.54, 1.807) is 12.1 Å². The molecule has 0 bridgehead atoms. The number of carbonyl (C=O) groups is 1. The van der Waals surface area contributed by atoms with E-state index in [0.29, 0.717) is 11.1 Å². The van der Waals surface area contributed by atoms with Gasteiger partial charge in [-0.15, -0.1) is 0 Å². The molecule has 1 saturated heterocycles. The van der Waals surface area contributed by atoms with E-state index in [1.165, 1.54) is 42.3 Å². The topological polar surface area (TPSA) is 71.6 Å². The van der Waals surface area contributed by atoms with Gasteiger partial charge in [-0.25, -0.2) is 4.79 Å². The maximum Gasteiger partial charge on any atom is 0.417 e. The quantitative estimate of drug-likeness (QED) is 0.690. The lowest BCUT2D eigenvalue weighted by atomic mass is 10.0. The number of H-pyrrole nitrogens is 1. The molecular weight excluding hydrogens is 401 g/mol. The summed E-state index contributed by atoms with van der Waals surface area (Å²) in [5.41, 5.74) is -0.976. The van der Waals surface area contributed by atoms with Gasteiger partial charge < -0.3 is 14.5 Å². The minimum atomic E-state index is -4.55. The van der Waals surface area contributed by atoms with Crippen LogP contribution in [0, 0.1) is 0 Å². The van der Waals surface area contributed by atoms with Gasteiger partial charge in [0.1, 0.15) is 6.10 Å². The number of fused-ring (bicyclic) bond motifs is 1. The molecule has 0 radical (unpaired) electrons. The number of nitrogens with one attached hydrogen (secondary N) is 1. The zero-order valence-corrected chi connectivity index (χ0v) is 15.8. The van der Waals surface area contributed by atoms with Crippen molar-refractivity contribution < 1.29 is 27.4 Å². The number of pyridine rings is 1. The van der Waals surface area contributed by atoms with Gasteiger partial charge in [0.25, 0.3) is 5.56 Å². The van der Waals surface area contributed by atoms with E-state index in [9.17, 15) is 22.8 Å². The highest BCUT2D eigenvalue weighted by Crippen LogP contribution is 2.36. The van der Waals surface area contributed by atoms with Gasteiger partial charge in [0.05, 0.1) is 18.7 Å². The van der Waals surface area contributed by atoms with Gasteiger partial charge in [-0.2, -0.15) is 13.2 Å². The lowest BCUT2D eigenvalue weighted by Gasteiger charge is -2.15. The molecule has 1 fully saturated rings. The summed E-state index contributed by atoms with van der Waals surface area (Å²) >= 11 is 0. The Hall–Kier alpha value is -3.33. The summed E-state index contributed by atoms with van der Waals surface area (Å²) in [5, 5.41) is 0.708. The highest BCUT2D eigenvalue weighted by atomic mass is 19.4. The smallest absolute Gasteiger partial charge is 0.417 e. The Kier molecular flexibility index (Phi) is 4.98. The molecule has 0 saturated carbocycles. The van der Waals surface area contributed by atoms with Crippen LogP contribution in [0.4, 0.5) is 23.7 Å². The van der Waals surface area contributed by atoms with Gasteiger partial charge in [-0.1, -0.05) is 24.3 Å². The molecule has 1 unspecified atom stereocenters. The summed E-state index contributed by atoms with van der Waals surface area (Å²) in [6.07, 6.45) is -5.53. The number of alkyl halides is 3. The summed E-state index contributed by atoms with van der Waals surface area (Å²) in [5.74, 6) is 0. The van der Waals surface area contributed by atoms with E-state index in [2.05, 4.69) is 4.98 Å². The first kappa shape index (κ1) is 20.0. The van der Waals surface area contributed by atoms with Crippen LogP contribution < -0.4 is 10.5 Å². The van der Waals surface area contributed by atoms with E-state index in [1.807, 2.05) is 0 Å². The summed E-state index contributed by atoms with van der Waals surface area (Å²) in [6, 6.07) is 11.3. The number of hydrogen-bond acceptors (Lipinski definition) is 4. The van der Waals surface area contributed by atoms with Crippen molar-refractivity contribution in [2.75, 3.05) is 25.2 Å². The average Bonchev–Trinajstić information content (AvgIpc) is 3.07. The number of carbonyl (C=O) groups excluding carboxylic acids is 1. The zero-order valence-electron chi connectivity index (χ0n) is 15.8. The van der Waals surface area contributed by atoms with Gasteiger partial charge in [0, 0.05) is 29.4 Å². The van der Waals surface area contributed by atoms with Crippen LogP contribution in [-0.2, 0) is 15.7 Å². The molecule has 1 aliphatic rings. The number of benzene rings is 2. The van der Waals surface area contributed by atoms with Crippen LogP contribution in [0.25, 0.3) is 22.0 Å². The number of methoxy groups -OCH3 is 1. The van der Waals surface area contributed by atoms with Crippen LogP contribution in [0.1, 0.15) is 5.56 Å². The Balaban J connectivity index is 1.75. The van der Waals surface area contributed by atoms with Gasteiger partial charge >= 0.3 is 12.3 Å². The van der Waals surface area contributed by atoms with E-state index >= 15 is 0 Å². The van der Waals surface area contributed by atoms with Gasteiger partial charge in [0.2, 0.25) is 0 Å². The fraction of sp³-hybridized carbons (Fsp3) is 0.238. The van der Waals surface area contributed by atoms with E-state index in [-0.39, 0.29) is 29.8 Å². The van der Waals surface area contributed by atoms with Crippen molar-refractivity contribution in [1.29, 1.82) is 0 Å². The minimum Gasteiger partial charge on any atom is -0.441 e. The molecule has 2 aromatic carbocycles. The summed E-state index contributed by atoms with van der Waals surface area (Å²) in [7, 11) is 1.50.